The van der Waals surface area contributed by atoms with Crippen LogP contribution in [0.4, 0.5) is 13.2 Å². The van der Waals surface area contributed by atoms with Gasteiger partial charge in [0.05, 0.1) is 11.8 Å². The van der Waals surface area contributed by atoms with Gasteiger partial charge >= 0.3 is 6.18 Å². The second-order valence-electron chi connectivity index (χ2n) is 3.80. The average molecular weight is 346 g/mol. The zero-order valence-electron chi connectivity index (χ0n) is 9.06. The minimum Gasteiger partial charge on any atom is -0.486 e. The maximum atomic E-state index is 12.3. The van der Waals surface area contributed by atoms with Gasteiger partial charge in [0, 0.05) is 4.47 Å². The number of rotatable bonds is 2. The minimum absolute atomic E-state index is 0.346. The van der Waals surface area contributed by atoms with Crippen LogP contribution in [-0.4, -0.2) is 19.4 Å². The summed E-state index contributed by atoms with van der Waals surface area (Å²) in [5, 5.41) is -1.16. The quantitative estimate of drug-likeness (QED) is 0.737. The summed E-state index contributed by atoms with van der Waals surface area (Å²) in [5.74, 6) is 0.931. The third-order valence-corrected chi connectivity index (χ3v) is 3.49. The van der Waals surface area contributed by atoms with Gasteiger partial charge in [0.25, 0.3) is 0 Å². The van der Waals surface area contributed by atoms with E-state index in [1.54, 1.807) is 6.07 Å². The van der Waals surface area contributed by atoms with Crippen LogP contribution in [0.1, 0.15) is 17.4 Å². The molecule has 18 heavy (non-hydrogen) atoms. The third-order valence-electron chi connectivity index (χ3n) is 2.41. The van der Waals surface area contributed by atoms with Crippen LogP contribution in [0.2, 0.25) is 0 Å². The van der Waals surface area contributed by atoms with Crippen molar-refractivity contribution in [1.82, 2.24) is 0 Å². The molecule has 1 unspecified atom stereocenters. The highest BCUT2D eigenvalue weighted by Gasteiger charge is 2.33. The first-order valence-corrected chi connectivity index (χ1v) is 6.39. The van der Waals surface area contributed by atoms with E-state index in [1.807, 2.05) is 0 Å². The molecule has 7 heteroatoms. The zero-order chi connectivity index (χ0) is 13.3. The van der Waals surface area contributed by atoms with Crippen LogP contribution in [0.3, 0.4) is 0 Å². The average Bonchev–Trinajstić information content (AvgIpc) is 2.25. The van der Waals surface area contributed by atoms with Crippen molar-refractivity contribution in [1.29, 1.82) is 0 Å². The number of fused-ring (bicyclic) bond motifs is 1. The van der Waals surface area contributed by atoms with Crippen LogP contribution in [0, 0.1) is 0 Å². The van der Waals surface area contributed by atoms with Crippen molar-refractivity contribution in [3.8, 4) is 11.5 Å². The van der Waals surface area contributed by atoms with Crippen LogP contribution in [0.25, 0.3) is 0 Å². The van der Waals surface area contributed by atoms with Gasteiger partial charge in [-0.2, -0.15) is 13.2 Å². The Kier molecular flexibility index (Phi) is 3.96. The van der Waals surface area contributed by atoms with Crippen LogP contribution < -0.4 is 9.47 Å². The second-order valence-corrected chi connectivity index (χ2v) is 5.19. The van der Waals surface area contributed by atoms with Gasteiger partial charge in [-0.3, -0.25) is 0 Å². The Morgan fingerprint density at radius 2 is 1.78 bits per heavy atom. The molecule has 0 aromatic heterocycles. The molecule has 1 atom stereocenters. The molecule has 0 saturated heterocycles. The van der Waals surface area contributed by atoms with E-state index in [9.17, 15) is 13.2 Å². The fraction of sp³-hybridized carbons (Fsp3) is 0.455. The van der Waals surface area contributed by atoms with Crippen LogP contribution in [-0.2, 0) is 0 Å². The van der Waals surface area contributed by atoms with Gasteiger partial charge in [0.1, 0.15) is 13.2 Å². The highest BCUT2D eigenvalue weighted by molar-refractivity contribution is 9.10. The molecule has 1 heterocycles. The molecule has 1 aromatic rings. The normalized spacial score (nSPS) is 16.5. The van der Waals surface area contributed by atoms with Gasteiger partial charge in [-0.1, -0.05) is 15.9 Å². The summed E-state index contributed by atoms with van der Waals surface area (Å²) < 4.78 is 48.0. The number of ether oxygens (including phenoxy) is 2. The van der Waals surface area contributed by atoms with Crippen molar-refractivity contribution in [2.45, 2.75) is 18.0 Å². The molecule has 1 aliphatic rings. The topological polar surface area (TPSA) is 18.5 Å². The maximum Gasteiger partial charge on any atom is 0.390 e. The van der Waals surface area contributed by atoms with Gasteiger partial charge in [-0.25, -0.2) is 0 Å². The third kappa shape index (κ3) is 3.23. The highest BCUT2D eigenvalue weighted by atomic mass is 79.9. The van der Waals surface area contributed by atoms with Crippen molar-refractivity contribution in [2.75, 3.05) is 13.2 Å². The fourth-order valence-corrected chi connectivity index (χ4v) is 2.72. The maximum absolute atomic E-state index is 12.3. The first kappa shape index (κ1) is 13.8. The monoisotopic (exact) mass is 344 g/mol. The van der Waals surface area contributed by atoms with Crippen molar-refractivity contribution in [3.05, 3.63) is 22.2 Å². The SMILES string of the molecule is FC(F)(F)CC(Cl)c1cc2c(cc1Br)OCCO2. The van der Waals surface area contributed by atoms with Gasteiger partial charge in [0.15, 0.2) is 11.5 Å². The predicted molar refractivity (Wildman–Crippen MR) is 64.4 cm³/mol. The van der Waals surface area contributed by atoms with Crippen molar-refractivity contribution >= 4 is 27.5 Å². The molecule has 0 N–H and O–H groups in total. The molecule has 0 amide bonds. The Hall–Kier alpha value is -0.620. The van der Waals surface area contributed by atoms with E-state index < -0.39 is 18.0 Å². The van der Waals surface area contributed by atoms with Crippen molar-refractivity contribution in [3.63, 3.8) is 0 Å². The standard InChI is InChI=1S/C11H9BrClF3O2/c12-7-4-10-9(17-1-2-18-10)3-6(7)8(13)5-11(14,15)16/h3-4,8H,1-2,5H2. The summed E-state index contributed by atoms with van der Waals surface area (Å²) in [6.07, 6.45) is -5.40. The van der Waals surface area contributed by atoms with E-state index in [0.717, 1.165) is 0 Å². The largest absolute Gasteiger partial charge is 0.486 e. The molecule has 0 saturated carbocycles. The molecule has 0 spiro atoms. The van der Waals surface area contributed by atoms with Gasteiger partial charge in [-0.05, 0) is 17.7 Å². The second kappa shape index (κ2) is 5.17. The Bertz CT molecular complexity index is 451. The predicted octanol–water partition coefficient (Wildman–Crippen LogP) is 4.45. The lowest BCUT2D eigenvalue weighted by molar-refractivity contribution is -0.134. The number of benzene rings is 1. The zero-order valence-corrected chi connectivity index (χ0v) is 11.4. The van der Waals surface area contributed by atoms with Crippen molar-refractivity contribution < 1.29 is 22.6 Å². The summed E-state index contributed by atoms with van der Waals surface area (Å²) in [5.41, 5.74) is 0.346. The van der Waals surface area contributed by atoms with Gasteiger partial charge in [-0.15, -0.1) is 11.6 Å². The van der Waals surface area contributed by atoms with E-state index in [-0.39, 0.29) is 0 Å². The van der Waals surface area contributed by atoms with Gasteiger partial charge < -0.3 is 9.47 Å². The van der Waals surface area contributed by atoms with Gasteiger partial charge in [0.2, 0.25) is 0 Å². The first-order chi connectivity index (χ1) is 8.37. The molecule has 0 aliphatic carbocycles. The molecule has 2 nitrogen and oxygen atoms in total. The fourth-order valence-electron chi connectivity index (χ4n) is 1.63. The number of halogens is 5. The molecule has 1 aliphatic heterocycles. The molecule has 2 rings (SSSR count). The number of alkyl halides is 4. The summed E-state index contributed by atoms with van der Waals surface area (Å²) in [6, 6.07) is 3.07. The molecule has 0 fully saturated rings. The van der Waals surface area contributed by atoms with Crippen LogP contribution in [0.15, 0.2) is 16.6 Å². The molecular weight excluding hydrogens is 336 g/mol. The molecule has 1 aromatic carbocycles. The number of hydrogen-bond acceptors (Lipinski definition) is 2. The van der Waals surface area contributed by atoms with E-state index >= 15 is 0 Å². The molecule has 0 bridgehead atoms. The lowest BCUT2D eigenvalue weighted by atomic mass is 10.1. The van der Waals surface area contributed by atoms with Crippen LogP contribution >= 0.6 is 27.5 Å². The Labute approximate surface area is 115 Å². The summed E-state index contributed by atoms with van der Waals surface area (Å²) >= 11 is 8.99. The first-order valence-electron chi connectivity index (χ1n) is 5.16. The summed E-state index contributed by atoms with van der Waals surface area (Å²) in [4.78, 5) is 0. The highest BCUT2D eigenvalue weighted by Crippen LogP contribution is 2.42. The smallest absolute Gasteiger partial charge is 0.390 e. The molecule has 0 radical (unpaired) electrons. The van der Waals surface area contributed by atoms with E-state index in [2.05, 4.69) is 15.9 Å². The summed E-state index contributed by atoms with van der Waals surface area (Å²) in [6.45, 7) is 0.798. The van der Waals surface area contributed by atoms with E-state index in [1.165, 1.54) is 6.07 Å². The Balaban J connectivity index is 2.27. The van der Waals surface area contributed by atoms with Crippen LogP contribution in [0.5, 0.6) is 11.5 Å². The lowest BCUT2D eigenvalue weighted by Gasteiger charge is -2.21. The Morgan fingerprint density at radius 1 is 1.22 bits per heavy atom. The number of hydrogen-bond donors (Lipinski definition) is 0. The molecular formula is C11H9BrClF3O2. The molecule has 100 valence electrons. The Morgan fingerprint density at radius 3 is 2.33 bits per heavy atom. The van der Waals surface area contributed by atoms with E-state index in [4.69, 9.17) is 21.1 Å². The lowest BCUT2D eigenvalue weighted by Crippen LogP contribution is -2.16. The van der Waals surface area contributed by atoms with Crippen molar-refractivity contribution in [2.24, 2.45) is 0 Å². The van der Waals surface area contributed by atoms with E-state index in [0.29, 0.717) is 34.7 Å². The summed E-state index contributed by atoms with van der Waals surface area (Å²) in [7, 11) is 0. The minimum atomic E-state index is -4.31.